The first-order chi connectivity index (χ1) is 4.33. The van der Waals surface area contributed by atoms with Gasteiger partial charge in [0.05, 0.1) is 0 Å². The molecule has 0 spiro atoms. The predicted molar refractivity (Wildman–Crippen MR) is 40.2 cm³/mol. The van der Waals surface area contributed by atoms with E-state index in [0.29, 0.717) is 0 Å². The van der Waals surface area contributed by atoms with Crippen molar-refractivity contribution in [3.8, 4) is 0 Å². The number of rotatable bonds is 1. The number of nitrogens with zero attached hydrogens (tertiary/aromatic N) is 2. The lowest BCUT2D eigenvalue weighted by Gasteiger charge is -1.84. The fraction of sp³-hybridized carbons (Fsp3) is 0.714. The lowest BCUT2D eigenvalue weighted by atomic mass is 10.5. The first-order valence-electron chi connectivity index (χ1n) is 3.30. The van der Waals surface area contributed by atoms with Crippen LogP contribution in [-0.4, -0.2) is 19.1 Å². The normalized spacial score (nSPS) is 21.3. The third-order valence-corrected chi connectivity index (χ3v) is 1.42. The van der Waals surface area contributed by atoms with Gasteiger partial charge in [-0.15, -0.1) is 0 Å². The Labute approximate surface area is 55.7 Å². The maximum absolute atomic E-state index is 4.13. The van der Waals surface area contributed by atoms with Crippen LogP contribution in [0.3, 0.4) is 0 Å². The first-order valence-corrected chi connectivity index (χ1v) is 3.30. The SMILES string of the molecule is CN=C(C)N=CC1CC1. The van der Waals surface area contributed by atoms with Crippen molar-refractivity contribution < 1.29 is 0 Å². The van der Waals surface area contributed by atoms with Gasteiger partial charge in [-0.25, -0.2) is 4.99 Å². The maximum Gasteiger partial charge on any atom is 0.119 e. The van der Waals surface area contributed by atoms with Crippen molar-refractivity contribution in [3.05, 3.63) is 0 Å². The Bertz CT molecular complexity index is 143. The van der Waals surface area contributed by atoms with Gasteiger partial charge in [0.1, 0.15) is 5.84 Å². The molecule has 2 nitrogen and oxygen atoms in total. The van der Waals surface area contributed by atoms with Gasteiger partial charge >= 0.3 is 0 Å². The lowest BCUT2D eigenvalue weighted by molar-refractivity contribution is 1.23. The molecule has 0 aromatic carbocycles. The van der Waals surface area contributed by atoms with Crippen LogP contribution >= 0.6 is 0 Å². The van der Waals surface area contributed by atoms with Gasteiger partial charge in [0, 0.05) is 13.3 Å². The third kappa shape index (κ3) is 2.40. The molecule has 0 aliphatic heterocycles. The third-order valence-electron chi connectivity index (χ3n) is 1.42. The van der Waals surface area contributed by atoms with E-state index in [-0.39, 0.29) is 0 Å². The van der Waals surface area contributed by atoms with Crippen molar-refractivity contribution in [1.29, 1.82) is 0 Å². The Hall–Kier alpha value is -0.660. The number of hydrogen-bond donors (Lipinski definition) is 0. The minimum absolute atomic E-state index is 0.765. The lowest BCUT2D eigenvalue weighted by Crippen LogP contribution is -1.86. The van der Waals surface area contributed by atoms with Crippen LogP contribution in [0.25, 0.3) is 0 Å². The van der Waals surface area contributed by atoms with Crippen LogP contribution in [0.2, 0.25) is 0 Å². The summed E-state index contributed by atoms with van der Waals surface area (Å²) in [6.45, 7) is 1.92. The zero-order valence-electron chi connectivity index (χ0n) is 5.96. The summed E-state index contributed by atoms with van der Waals surface area (Å²) in [4.78, 5) is 8.04. The van der Waals surface area contributed by atoms with Crippen LogP contribution < -0.4 is 0 Å². The molecule has 0 N–H and O–H groups in total. The molecule has 9 heavy (non-hydrogen) atoms. The van der Waals surface area contributed by atoms with Gasteiger partial charge in [-0.2, -0.15) is 0 Å². The van der Waals surface area contributed by atoms with E-state index in [2.05, 4.69) is 9.98 Å². The van der Waals surface area contributed by atoms with E-state index in [1.165, 1.54) is 12.8 Å². The van der Waals surface area contributed by atoms with Crippen LogP contribution in [0, 0.1) is 5.92 Å². The van der Waals surface area contributed by atoms with E-state index >= 15 is 0 Å². The molecule has 50 valence electrons. The summed E-state index contributed by atoms with van der Waals surface area (Å²) < 4.78 is 0. The smallest absolute Gasteiger partial charge is 0.119 e. The number of amidine groups is 1. The molecule has 0 radical (unpaired) electrons. The van der Waals surface area contributed by atoms with Crippen LogP contribution in [0.5, 0.6) is 0 Å². The molecule has 0 heterocycles. The van der Waals surface area contributed by atoms with Crippen molar-refractivity contribution >= 4 is 12.1 Å². The van der Waals surface area contributed by atoms with E-state index in [9.17, 15) is 0 Å². The number of aliphatic imine (C=N–C) groups is 2. The summed E-state index contributed by atoms with van der Waals surface area (Å²) in [6.07, 6.45) is 4.64. The molecule has 2 heteroatoms. The van der Waals surface area contributed by atoms with Gasteiger partial charge in [0.25, 0.3) is 0 Å². The summed E-state index contributed by atoms with van der Waals surface area (Å²) in [6, 6.07) is 0. The second kappa shape index (κ2) is 2.76. The molecule has 0 bridgehead atoms. The highest BCUT2D eigenvalue weighted by Gasteiger charge is 2.17. The monoisotopic (exact) mass is 124 g/mol. The fourth-order valence-corrected chi connectivity index (χ4v) is 0.516. The molecule has 1 rings (SSSR count). The molecule has 0 aromatic heterocycles. The van der Waals surface area contributed by atoms with Crippen LogP contribution in [-0.2, 0) is 0 Å². The molecule has 0 aromatic rings. The number of hydrogen-bond acceptors (Lipinski definition) is 1. The van der Waals surface area contributed by atoms with Gasteiger partial charge in [-0.3, -0.25) is 4.99 Å². The molecular weight excluding hydrogens is 112 g/mol. The Morgan fingerprint density at radius 1 is 1.56 bits per heavy atom. The Kier molecular flexibility index (Phi) is 1.98. The van der Waals surface area contributed by atoms with E-state index in [1.54, 1.807) is 7.05 Å². The van der Waals surface area contributed by atoms with Crippen molar-refractivity contribution in [2.75, 3.05) is 7.05 Å². The molecular formula is C7H12N2. The summed E-state index contributed by atoms with van der Waals surface area (Å²) in [5, 5.41) is 0. The predicted octanol–water partition coefficient (Wildman–Crippen LogP) is 1.52. The first kappa shape index (κ1) is 6.46. The van der Waals surface area contributed by atoms with E-state index in [4.69, 9.17) is 0 Å². The average molecular weight is 124 g/mol. The highest BCUT2D eigenvalue weighted by Crippen LogP contribution is 2.26. The van der Waals surface area contributed by atoms with Gasteiger partial charge in [0.15, 0.2) is 0 Å². The largest absolute Gasteiger partial charge is 0.274 e. The van der Waals surface area contributed by atoms with E-state index in [1.807, 2.05) is 13.1 Å². The van der Waals surface area contributed by atoms with E-state index in [0.717, 1.165) is 11.8 Å². The van der Waals surface area contributed by atoms with Crippen molar-refractivity contribution in [2.45, 2.75) is 19.8 Å². The van der Waals surface area contributed by atoms with Gasteiger partial charge in [0.2, 0.25) is 0 Å². The fourth-order valence-electron chi connectivity index (χ4n) is 0.516. The summed E-state index contributed by atoms with van der Waals surface area (Å²) >= 11 is 0. The Balaban J connectivity index is 2.29. The molecule has 1 aliphatic rings. The summed E-state index contributed by atoms with van der Waals surface area (Å²) in [7, 11) is 1.76. The minimum atomic E-state index is 0.765. The molecule has 0 atom stereocenters. The standard InChI is InChI=1S/C7H12N2/c1-6(8-2)9-5-7-3-4-7/h5,7H,3-4H2,1-2H3. The van der Waals surface area contributed by atoms with Gasteiger partial charge in [-0.1, -0.05) is 0 Å². The second-order valence-corrected chi connectivity index (χ2v) is 2.39. The highest BCUT2D eigenvalue weighted by atomic mass is 14.9. The molecule has 1 saturated carbocycles. The minimum Gasteiger partial charge on any atom is -0.274 e. The molecule has 0 unspecified atom stereocenters. The van der Waals surface area contributed by atoms with Gasteiger partial charge in [-0.05, 0) is 25.7 Å². The highest BCUT2D eigenvalue weighted by molar-refractivity contribution is 5.88. The van der Waals surface area contributed by atoms with Crippen LogP contribution in [0.4, 0.5) is 0 Å². The zero-order valence-corrected chi connectivity index (χ0v) is 5.96. The Morgan fingerprint density at radius 2 is 2.22 bits per heavy atom. The maximum atomic E-state index is 4.13. The quantitative estimate of drug-likeness (QED) is 0.374. The van der Waals surface area contributed by atoms with Crippen molar-refractivity contribution in [3.63, 3.8) is 0 Å². The summed E-state index contributed by atoms with van der Waals surface area (Å²) in [5.74, 6) is 1.64. The van der Waals surface area contributed by atoms with Crippen molar-refractivity contribution in [2.24, 2.45) is 15.9 Å². The summed E-state index contributed by atoms with van der Waals surface area (Å²) in [5.41, 5.74) is 0. The zero-order chi connectivity index (χ0) is 6.69. The van der Waals surface area contributed by atoms with Crippen LogP contribution in [0.15, 0.2) is 9.98 Å². The molecule has 0 saturated heterocycles. The molecule has 1 fully saturated rings. The van der Waals surface area contributed by atoms with Crippen LogP contribution in [0.1, 0.15) is 19.8 Å². The van der Waals surface area contributed by atoms with Crippen molar-refractivity contribution in [1.82, 2.24) is 0 Å². The Morgan fingerprint density at radius 3 is 2.67 bits per heavy atom. The topological polar surface area (TPSA) is 24.7 Å². The van der Waals surface area contributed by atoms with Gasteiger partial charge < -0.3 is 0 Å². The molecule has 0 amide bonds. The molecule has 1 aliphatic carbocycles. The average Bonchev–Trinajstić information content (AvgIpc) is 2.65. The van der Waals surface area contributed by atoms with E-state index < -0.39 is 0 Å². The second-order valence-electron chi connectivity index (χ2n) is 2.39.